The predicted molar refractivity (Wildman–Crippen MR) is 88.7 cm³/mol. The number of rotatable bonds is 6. The quantitative estimate of drug-likeness (QED) is 0.860. The Labute approximate surface area is 133 Å². The highest BCUT2D eigenvalue weighted by Gasteiger charge is 2.48. The largest absolute Gasteiger partial charge is 0.483 e. The third-order valence-electron chi connectivity index (χ3n) is 5.30. The number of carboxylic acid groups (broad SMARTS) is 1. The normalized spacial score (nSPS) is 16.8. The first-order chi connectivity index (χ1) is 10.5. The van der Waals surface area contributed by atoms with Crippen molar-refractivity contribution >= 4 is 11.7 Å². The van der Waals surface area contributed by atoms with Gasteiger partial charge >= 0.3 is 5.97 Å². The Hall–Kier alpha value is -1.71. The molecule has 1 heterocycles. The van der Waals surface area contributed by atoms with Crippen molar-refractivity contribution in [2.75, 3.05) is 11.4 Å². The van der Waals surface area contributed by atoms with Gasteiger partial charge < -0.3 is 14.7 Å². The van der Waals surface area contributed by atoms with Gasteiger partial charge in [-0.25, -0.2) is 4.79 Å². The Balaban J connectivity index is 2.60. The minimum absolute atomic E-state index is 0.320. The van der Waals surface area contributed by atoms with Crippen molar-refractivity contribution in [2.24, 2.45) is 0 Å². The summed E-state index contributed by atoms with van der Waals surface area (Å²) in [6.45, 7) is 8.74. The lowest BCUT2D eigenvalue weighted by Crippen LogP contribution is -2.62. The van der Waals surface area contributed by atoms with E-state index in [1.165, 1.54) is 0 Å². The van der Waals surface area contributed by atoms with Gasteiger partial charge in [0.25, 0.3) is 0 Å². The second-order valence-electron chi connectivity index (χ2n) is 6.09. The summed E-state index contributed by atoms with van der Waals surface area (Å²) < 4.78 is 6.28. The minimum Gasteiger partial charge on any atom is -0.483 e. The lowest BCUT2D eigenvalue weighted by atomic mass is 9.85. The molecule has 1 N–H and O–H groups in total. The van der Waals surface area contributed by atoms with E-state index in [0.29, 0.717) is 19.4 Å². The topological polar surface area (TPSA) is 49.8 Å². The smallest absolute Gasteiger partial charge is 0.329 e. The zero-order chi connectivity index (χ0) is 16.4. The van der Waals surface area contributed by atoms with Gasteiger partial charge in [-0.05, 0) is 37.8 Å². The molecule has 1 aliphatic rings. The van der Waals surface area contributed by atoms with Gasteiger partial charge in [-0.2, -0.15) is 0 Å². The highest BCUT2D eigenvalue weighted by Crippen LogP contribution is 2.44. The highest BCUT2D eigenvalue weighted by atomic mass is 16.5. The second-order valence-corrected chi connectivity index (χ2v) is 6.09. The molecule has 0 fully saturated rings. The van der Waals surface area contributed by atoms with Crippen molar-refractivity contribution < 1.29 is 14.6 Å². The van der Waals surface area contributed by atoms with Gasteiger partial charge in [0.1, 0.15) is 16.9 Å². The summed E-state index contributed by atoms with van der Waals surface area (Å²) in [6, 6.07) is 7.80. The average Bonchev–Trinajstić information content (AvgIpc) is 2.55. The first kappa shape index (κ1) is 16.7. The Bertz CT molecular complexity index is 533. The number of carboxylic acids is 1. The summed E-state index contributed by atoms with van der Waals surface area (Å²) in [5.41, 5.74) is -0.305. The fourth-order valence-electron chi connectivity index (χ4n) is 3.45. The number of carbonyl (C=O) groups is 1. The van der Waals surface area contributed by atoms with Crippen LogP contribution in [-0.4, -0.2) is 28.8 Å². The molecule has 0 unspecified atom stereocenters. The van der Waals surface area contributed by atoms with Gasteiger partial charge in [0.05, 0.1) is 12.2 Å². The van der Waals surface area contributed by atoms with E-state index in [-0.39, 0.29) is 5.60 Å². The summed E-state index contributed by atoms with van der Waals surface area (Å²) in [6.07, 6.45) is 2.85. The van der Waals surface area contributed by atoms with Crippen LogP contribution in [0, 0.1) is 0 Å². The van der Waals surface area contributed by atoms with E-state index in [4.69, 9.17) is 4.74 Å². The van der Waals surface area contributed by atoms with Crippen LogP contribution in [0.5, 0.6) is 5.75 Å². The van der Waals surface area contributed by atoms with Crippen molar-refractivity contribution in [3.8, 4) is 5.75 Å². The zero-order valence-electron chi connectivity index (χ0n) is 14.1. The average molecular weight is 305 g/mol. The zero-order valence-corrected chi connectivity index (χ0v) is 14.1. The number of para-hydroxylation sites is 2. The van der Waals surface area contributed by atoms with Crippen LogP contribution in [0.1, 0.15) is 53.4 Å². The molecule has 0 aromatic heterocycles. The van der Waals surface area contributed by atoms with Crippen molar-refractivity contribution in [1.82, 2.24) is 0 Å². The van der Waals surface area contributed by atoms with E-state index in [1.807, 2.05) is 38.1 Å². The fraction of sp³-hybridized carbons (Fsp3) is 0.611. The third kappa shape index (κ3) is 2.44. The minimum atomic E-state index is -0.879. The molecule has 0 spiro atoms. The number of nitrogens with zero attached hydrogens (tertiary/aromatic N) is 1. The van der Waals surface area contributed by atoms with Crippen LogP contribution in [-0.2, 0) is 4.79 Å². The number of hydrogen-bond donors (Lipinski definition) is 1. The molecule has 0 radical (unpaired) electrons. The highest BCUT2D eigenvalue weighted by molar-refractivity contribution is 5.85. The summed E-state index contributed by atoms with van der Waals surface area (Å²) >= 11 is 0. The molecule has 0 atom stereocenters. The lowest BCUT2D eigenvalue weighted by Gasteiger charge is -2.50. The summed E-state index contributed by atoms with van der Waals surface area (Å²) in [4.78, 5) is 14.2. The number of aliphatic carboxylic acids is 1. The van der Waals surface area contributed by atoms with Crippen LogP contribution in [0.4, 0.5) is 5.69 Å². The van der Waals surface area contributed by atoms with Gasteiger partial charge in [0.2, 0.25) is 0 Å². The van der Waals surface area contributed by atoms with Crippen LogP contribution in [0.25, 0.3) is 0 Å². The number of hydrogen-bond acceptors (Lipinski definition) is 3. The van der Waals surface area contributed by atoms with Crippen LogP contribution in [0.2, 0.25) is 0 Å². The number of fused-ring (bicyclic) bond motifs is 1. The lowest BCUT2D eigenvalue weighted by molar-refractivity contribution is -0.144. The summed E-state index contributed by atoms with van der Waals surface area (Å²) in [5.74, 6) is 0.0419. The third-order valence-corrected chi connectivity index (χ3v) is 5.30. The molecular weight excluding hydrogens is 278 g/mol. The fourth-order valence-corrected chi connectivity index (χ4v) is 3.45. The Kier molecular flexibility index (Phi) is 4.69. The van der Waals surface area contributed by atoms with Crippen LogP contribution in [0.3, 0.4) is 0 Å². The molecule has 22 heavy (non-hydrogen) atoms. The molecule has 0 saturated heterocycles. The molecule has 0 bridgehead atoms. The molecule has 0 saturated carbocycles. The number of anilines is 1. The van der Waals surface area contributed by atoms with Crippen molar-refractivity contribution in [1.29, 1.82) is 0 Å². The van der Waals surface area contributed by atoms with Crippen molar-refractivity contribution in [3.63, 3.8) is 0 Å². The molecule has 0 amide bonds. The van der Waals surface area contributed by atoms with E-state index < -0.39 is 11.5 Å². The van der Waals surface area contributed by atoms with E-state index in [0.717, 1.165) is 24.3 Å². The molecule has 4 heteroatoms. The van der Waals surface area contributed by atoms with Gasteiger partial charge in [-0.3, -0.25) is 0 Å². The second kappa shape index (κ2) is 6.19. The molecule has 122 valence electrons. The molecule has 4 nitrogen and oxygen atoms in total. The summed E-state index contributed by atoms with van der Waals surface area (Å²) in [5, 5.41) is 9.93. The van der Waals surface area contributed by atoms with Gasteiger partial charge in [0, 0.05) is 0 Å². The van der Waals surface area contributed by atoms with Crippen molar-refractivity contribution in [2.45, 2.75) is 64.5 Å². The maximum Gasteiger partial charge on any atom is 0.329 e. The Morgan fingerprint density at radius 2 is 1.82 bits per heavy atom. The molecular formula is C18H27NO3. The molecule has 0 aliphatic carbocycles. The van der Waals surface area contributed by atoms with E-state index in [9.17, 15) is 9.90 Å². The van der Waals surface area contributed by atoms with E-state index in [2.05, 4.69) is 18.7 Å². The van der Waals surface area contributed by atoms with Crippen LogP contribution < -0.4 is 9.64 Å². The maximum atomic E-state index is 12.1. The predicted octanol–water partition coefficient (Wildman–Crippen LogP) is 4.09. The number of benzene rings is 1. The molecule has 2 rings (SSSR count). The first-order valence-electron chi connectivity index (χ1n) is 8.27. The van der Waals surface area contributed by atoms with Crippen LogP contribution in [0.15, 0.2) is 24.3 Å². The van der Waals surface area contributed by atoms with Gasteiger partial charge in [-0.1, -0.05) is 39.8 Å². The molecule has 1 aromatic rings. The van der Waals surface area contributed by atoms with Gasteiger partial charge in [0.15, 0.2) is 0 Å². The molecule has 1 aromatic carbocycles. The Morgan fingerprint density at radius 1 is 1.23 bits per heavy atom. The Morgan fingerprint density at radius 3 is 2.32 bits per heavy atom. The monoisotopic (exact) mass is 305 g/mol. The van der Waals surface area contributed by atoms with Crippen LogP contribution >= 0.6 is 0 Å². The van der Waals surface area contributed by atoms with E-state index in [1.54, 1.807) is 0 Å². The van der Waals surface area contributed by atoms with E-state index >= 15 is 0 Å². The molecule has 1 aliphatic heterocycles. The van der Waals surface area contributed by atoms with Crippen molar-refractivity contribution in [3.05, 3.63) is 24.3 Å². The standard InChI is InChI=1S/C18H27NO3/c1-5-17(6-2)13-19(18(7-3,8-4)16(20)21)14-11-9-10-12-15(14)22-17/h9-12H,5-8,13H2,1-4H3,(H,20,21). The summed E-state index contributed by atoms with van der Waals surface area (Å²) in [7, 11) is 0. The number of ether oxygens (including phenoxy) is 1. The maximum absolute atomic E-state index is 12.1. The SMILES string of the molecule is CCC1(CC)CN(C(CC)(CC)C(=O)O)c2ccccc2O1. The van der Waals surface area contributed by atoms with Gasteiger partial charge in [-0.15, -0.1) is 0 Å². The first-order valence-corrected chi connectivity index (χ1v) is 8.27.